The molecule has 0 fully saturated rings. The smallest absolute Gasteiger partial charge is 0.382 e. The standard InChI is InChI=1S/C6H3F6N3.CH4N2O/c7-5(8,9)3-4(6(10,11)12)15-2(13)1-14-3;2-3-1-4/h1H,(H2,13,15);1H,2H2,(H,3,4). The van der Waals surface area contributed by atoms with Gasteiger partial charge in [-0.2, -0.15) is 26.3 Å². The van der Waals surface area contributed by atoms with Crippen molar-refractivity contribution < 1.29 is 31.1 Å². The molecule has 0 atom stereocenters. The van der Waals surface area contributed by atoms with Crippen molar-refractivity contribution in [1.29, 1.82) is 0 Å². The first-order valence-corrected chi connectivity index (χ1v) is 4.20. The quantitative estimate of drug-likeness (QED) is 0.232. The highest BCUT2D eigenvalue weighted by Crippen LogP contribution is 2.37. The molecule has 6 nitrogen and oxygen atoms in total. The number of nitrogens with zero attached hydrogens (tertiary/aromatic N) is 2. The molecule has 0 unspecified atom stereocenters. The summed E-state index contributed by atoms with van der Waals surface area (Å²) in [5.74, 6) is 3.68. The summed E-state index contributed by atoms with van der Waals surface area (Å²) in [6.07, 6.45) is -9.64. The molecular formula is C7H7F6N5O. The first-order valence-electron chi connectivity index (χ1n) is 4.20. The minimum absolute atomic E-state index is 0.403. The lowest BCUT2D eigenvalue weighted by molar-refractivity contribution is -0.167. The van der Waals surface area contributed by atoms with Gasteiger partial charge < -0.3 is 5.73 Å². The zero-order valence-corrected chi connectivity index (χ0v) is 8.88. The van der Waals surface area contributed by atoms with Crippen LogP contribution in [0, 0.1) is 0 Å². The lowest BCUT2D eigenvalue weighted by atomic mass is 10.3. The number of anilines is 1. The van der Waals surface area contributed by atoms with Crippen LogP contribution < -0.4 is 17.0 Å². The molecule has 0 aliphatic rings. The number of carbonyl (C=O) groups excluding carboxylic acids is 1. The zero-order chi connectivity index (χ0) is 15.3. The predicted molar refractivity (Wildman–Crippen MR) is 49.8 cm³/mol. The van der Waals surface area contributed by atoms with E-state index in [0.717, 1.165) is 0 Å². The molecule has 0 bridgehead atoms. The van der Waals surface area contributed by atoms with Crippen molar-refractivity contribution in [3.05, 3.63) is 17.6 Å². The molecule has 1 amide bonds. The molecule has 0 aliphatic carbocycles. The van der Waals surface area contributed by atoms with Crippen LogP contribution in [0.3, 0.4) is 0 Å². The maximum absolute atomic E-state index is 12.1. The molecule has 0 aliphatic heterocycles. The number of carbonyl (C=O) groups is 1. The highest BCUT2D eigenvalue weighted by Gasteiger charge is 2.46. The largest absolute Gasteiger partial charge is 0.435 e. The van der Waals surface area contributed by atoms with Crippen LogP contribution in [-0.2, 0) is 17.1 Å². The molecule has 12 heteroatoms. The minimum atomic E-state index is -5.24. The summed E-state index contributed by atoms with van der Waals surface area (Å²) in [6, 6.07) is 0. The number of alkyl halides is 6. The monoisotopic (exact) mass is 291 g/mol. The normalized spacial score (nSPS) is 11.3. The zero-order valence-electron chi connectivity index (χ0n) is 8.88. The van der Waals surface area contributed by atoms with E-state index in [1.54, 1.807) is 5.43 Å². The van der Waals surface area contributed by atoms with Crippen LogP contribution in [0.25, 0.3) is 0 Å². The van der Waals surface area contributed by atoms with E-state index in [4.69, 9.17) is 10.5 Å². The topological polar surface area (TPSA) is 107 Å². The van der Waals surface area contributed by atoms with Crippen molar-refractivity contribution in [2.24, 2.45) is 5.84 Å². The molecular weight excluding hydrogens is 284 g/mol. The summed E-state index contributed by atoms with van der Waals surface area (Å²) < 4.78 is 72.5. The molecule has 0 radical (unpaired) electrons. The second kappa shape index (κ2) is 6.17. The summed E-state index contributed by atoms with van der Waals surface area (Å²) >= 11 is 0. The van der Waals surface area contributed by atoms with E-state index in [2.05, 4.69) is 15.8 Å². The number of hydrogen-bond acceptors (Lipinski definition) is 5. The van der Waals surface area contributed by atoms with E-state index in [1.807, 2.05) is 0 Å². The number of rotatable bonds is 1. The highest BCUT2D eigenvalue weighted by molar-refractivity contribution is 5.44. The molecule has 1 aromatic rings. The van der Waals surface area contributed by atoms with Gasteiger partial charge in [-0.3, -0.25) is 10.2 Å². The summed E-state index contributed by atoms with van der Waals surface area (Å²) in [6.45, 7) is 0. The van der Waals surface area contributed by atoms with Crippen molar-refractivity contribution in [3.63, 3.8) is 0 Å². The number of halogens is 6. The Morgan fingerprint density at radius 2 is 1.53 bits per heavy atom. The number of aromatic nitrogens is 2. The number of amides is 1. The summed E-state index contributed by atoms with van der Waals surface area (Å²) in [5, 5.41) is 0. The van der Waals surface area contributed by atoms with E-state index >= 15 is 0 Å². The summed E-state index contributed by atoms with van der Waals surface area (Å²) in [7, 11) is 0. The van der Waals surface area contributed by atoms with Crippen LogP contribution in [0.2, 0.25) is 0 Å². The first-order chi connectivity index (χ1) is 8.54. The van der Waals surface area contributed by atoms with Gasteiger partial charge in [-0.1, -0.05) is 0 Å². The molecule has 0 aromatic carbocycles. The van der Waals surface area contributed by atoms with E-state index in [-0.39, 0.29) is 0 Å². The molecule has 108 valence electrons. The Bertz CT molecular complexity index is 431. The van der Waals surface area contributed by atoms with Gasteiger partial charge in [0.25, 0.3) is 0 Å². The summed E-state index contributed by atoms with van der Waals surface area (Å²) in [4.78, 5) is 14.1. The van der Waals surface area contributed by atoms with E-state index in [0.29, 0.717) is 12.6 Å². The second-order valence-corrected chi connectivity index (χ2v) is 2.77. The van der Waals surface area contributed by atoms with Gasteiger partial charge in [-0.05, 0) is 0 Å². The number of nitrogen functional groups attached to an aromatic ring is 1. The molecule has 1 aromatic heterocycles. The number of nitrogens with two attached hydrogens (primary N) is 2. The number of hydrogen-bond donors (Lipinski definition) is 3. The van der Waals surface area contributed by atoms with E-state index < -0.39 is 29.6 Å². The third-order valence-electron chi connectivity index (χ3n) is 1.40. The van der Waals surface area contributed by atoms with Crippen molar-refractivity contribution in [2.75, 3.05) is 5.73 Å². The van der Waals surface area contributed by atoms with Gasteiger partial charge in [-0.25, -0.2) is 15.8 Å². The van der Waals surface area contributed by atoms with Crippen LogP contribution in [0.1, 0.15) is 11.4 Å². The minimum Gasteiger partial charge on any atom is -0.382 e. The van der Waals surface area contributed by atoms with Crippen molar-refractivity contribution >= 4 is 12.2 Å². The molecule has 1 heterocycles. The molecule has 1 rings (SSSR count). The van der Waals surface area contributed by atoms with Gasteiger partial charge in [0.2, 0.25) is 6.41 Å². The molecule has 0 spiro atoms. The molecule has 5 N–H and O–H groups in total. The van der Waals surface area contributed by atoms with Crippen LogP contribution in [-0.4, -0.2) is 16.4 Å². The predicted octanol–water partition coefficient (Wildman–Crippen LogP) is 0.703. The van der Waals surface area contributed by atoms with Crippen LogP contribution in [0.15, 0.2) is 6.20 Å². The molecule has 19 heavy (non-hydrogen) atoms. The maximum atomic E-state index is 12.1. The Balaban J connectivity index is 0.000000711. The SMILES string of the molecule is NNC=O.Nc1cnc(C(F)(F)F)c(C(F)(F)F)n1. The molecule has 0 saturated carbocycles. The van der Waals surface area contributed by atoms with Gasteiger partial charge >= 0.3 is 12.4 Å². The van der Waals surface area contributed by atoms with Gasteiger partial charge in [-0.15, -0.1) is 0 Å². The fourth-order valence-electron chi connectivity index (χ4n) is 0.808. The van der Waals surface area contributed by atoms with Gasteiger partial charge in [0, 0.05) is 0 Å². The Morgan fingerprint density at radius 1 is 1.11 bits per heavy atom. The lowest BCUT2D eigenvalue weighted by Crippen LogP contribution is -2.21. The van der Waals surface area contributed by atoms with Gasteiger partial charge in [0.1, 0.15) is 5.82 Å². The van der Waals surface area contributed by atoms with E-state index in [9.17, 15) is 26.3 Å². The fraction of sp³-hybridized carbons (Fsp3) is 0.286. The lowest BCUT2D eigenvalue weighted by Gasteiger charge is -2.13. The van der Waals surface area contributed by atoms with Crippen molar-refractivity contribution in [3.8, 4) is 0 Å². The third-order valence-corrected chi connectivity index (χ3v) is 1.40. The Hall–Kier alpha value is -2.11. The Morgan fingerprint density at radius 3 is 1.84 bits per heavy atom. The Kier molecular flexibility index (Phi) is 5.49. The van der Waals surface area contributed by atoms with Crippen molar-refractivity contribution in [1.82, 2.24) is 15.4 Å². The maximum Gasteiger partial charge on any atom is 0.435 e. The summed E-state index contributed by atoms with van der Waals surface area (Å²) in [5.41, 5.74) is 2.35. The van der Waals surface area contributed by atoms with Crippen LogP contribution in [0.5, 0.6) is 0 Å². The number of hydrazine groups is 1. The molecule has 0 saturated heterocycles. The highest BCUT2D eigenvalue weighted by atomic mass is 19.4. The average Bonchev–Trinajstić information content (AvgIpc) is 2.26. The first kappa shape index (κ1) is 16.9. The van der Waals surface area contributed by atoms with Gasteiger partial charge in [0.15, 0.2) is 11.4 Å². The second-order valence-electron chi connectivity index (χ2n) is 2.77. The third kappa shape index (κ3) is 5.37. The fourth-order valence-corrected chi connectivity index (χ4v) is 0.808. The average molecular weight is 291 g/mol. The van der Waals surface area contributed by atoms with E-state index in [1.165, 1.54) is 0 Å². The Labute approximate surface area is 101 Å². The van der Waals surface area contributed by atoms with Crippen LogP contribution >= 0.6 is 0 Å². The van der Waals surface area contributed by atoms with Crippen LogP contribution in [0.4, 0.5) is 32.2 Å². The number of nitrogens with one attached hydrogen (secondary N) is 1. The van der Waals surface area contributed by atoms with Gasteiger partial charge in [0.05, 0.1) is 6.20 Å². The van der Waals surface area contributed by atoms with Crippen molar-refractivity contribution in [2.45, 2.75) is 12.4 Å².